The van der Waals surface area contributed by atoms with E-state index in [1.54, 1.807) is 12.1 Å². The van der Waals surface area contributed by atoms with E-state index in [2.05, 4.69) is 18.8 Å². The van der Waals surface area contributed by atoms with Crippen LogP contribution in [0.2, 0.25) is 0 Å². The Kier molecular flexibility index (Phi) is 10.3. The minimum Gasteiger partial charge on any atom is -0.486 e. The number of anilines is 1. The van der Waals surface area contributed by atoms with Crippen LogP contribution in [0.4, 0.5) is 5.82 Å². The predicted octanol–water partition coefficient (Wildman–Crippen LogP) is 4.50. The number of carbonyl (C=O) groups is 1. The normalized spacial score (nSPS) is 12.9. The molecule has 0 amide bonds. The lowest BCUT2D eigenvalue weighted by atomic mass is 10.0. The molecule has 0 spiro atoms. The summed E-state index contributed by atoms with van der Waals surface area (Å²) in [6.45, 7) is 5.00. The van der Waals surface area contributed by atoms with Crippen molar-refractivity contribution < 1.29 is 18.5 Å². The molecule has 6 nitrogen and oxygen atoms in total. The Morgan fingerprint density at radius 1 is 1.17 bits per heavy atom. The molecule has 2 rings (SSSR count). The van der Waals surface area contributed by atoms with Gasteiger partial charge in [0.15, 0.2) is 10.8 Å². The highest BCUT2D eigenvalue weighted by molar-refractivity contribution is 7.85. The van der Waals surface area contributed by atoms with Gasteiger partial charge in [0, 0.05) is 5.75 Å². The molecule has 0 fully saturated rings. The maximum absolute atomic E-state index is 12.8. The van der Waals surface area contributed by atoms with Crippen LogP contribution in [-0.2, 0) is 26.9 Å². The average molecular weight is 433 g/mol. The van der Waals surface area contributed by atoms with E-state index >= 15 is 0 Å². The summed E-state index contributed by atoms with van der Waals surface area (Å²) in [5, 5.41) is 0.258. The van der Waals surface area contributed by atoms with Crippen molar-refractivity contribution in [2.45, 2.75) is 57.6 Å². The number of aromatic nitrogens is 1. The standard InChI is InChI=1S/C23H32N2O4S/c1-3-5-9-18(4-2)16-29-22(26)14-15-30(27)23-20(12-13-21(24)25-23)28-17-19-10-7-6-8-11-19/h6-8,10-13,18H,3-5,9,14-17H2,1-2H3,(H2,24,25). The van der Waals surface area contributed by atoms with Crippen LogP contribution >= 0.6 is 0 Å². The molecule has 2 atom stereocenters. The summed E-state index contributed by atoms with van der Waals surface area (Å²) >= 11 is 0. The Balaban J connectivity index is 1.89. The second-order valence-electron chi connectivity index (χ2n) is 7.21. The Morgan fingerprint density at radius 2 is 1.93 bits per heavy atom. The minimum absolute atomic E-state index is 0.0609. The molecule has 2 N–H and O–H groups in total. The largest absolute Gasteiger partial charge is 0.486 e. The summed E-state index contributed by atoms with van der Waals surface area (Å²) < 4.78 is 24.0. The van der Waals surface area contributed by atoms with Gasteiger partial charge in [-0.05, 0) is 30.0 Å². The maximum Gasteiger partial charge on any atom is 0.306 e. The number of unbranched alkanes of at least 4 members (excludes halogenated alkanes) is 1. The third kappa shape index (κ3) is 8.14. The van der Waals surface area contributed by atoms with Crippen LogP contribution in [0.1, 0.15) is 51.5 Å². The van der Waals surface area contributed by atoms with Gasteiger partial charge in [0.05, 0.1) is 23.8 Å². The van der Waals surface area contributed by atoms with Crippen molar-refractivity contribution in [1.82, 2.24) is 4.98 Å². The van der Waals surface area contributed by atoms with Gasteiger partial charge in [0.25, 0.3) is 0 Å². The number of nitrogens with zero attached hydrogens (tertiary/aromatic N) is 1. The maximum atomic E-state index is 12.8. The highest BCUT2D eigenvalue weighted by Gasteiger charge is 2.17. The van der Waals surface area contributed by atoms with Gasteiger partial charge in [0.1, 0.15) is 12.4 Å². The van der Waals surface area contributed by atoms with Gasteiger partial charge < -0.3 is 15.2 Å². The summed E-state index contributed by atoms with van der Waals surface area (Å²) in [5.41, 5.74) is 6.76. The molecule has 1 aromatic heterocycles. The van der Waals surface area contributed by atoms with Crippen molar-refractivity contribution >= 4 is 22.6 Å². The second kappa shape index (κ2) is 13.0. The lowest BCUT2D eigenvalue weighted by Gasteiger charge is -2.14. The van der Waals surface area contributed by atoms with Gasteiger partial charge in [-0.25, -0.2) is 4.98 Å². The fourth-order valence-electron chi connectivity index (χ4n) is 2.90. The van der Waals surface area contributed by atoms with Crippen LogP contribution in [-0.4, -0.2) is 27.5 Å². The second-order valence-corrected chi connectivity index (χ2v) is 8.70. The first-order chi connectivity index (χ1) is 14.5. The first-order valence-electron chi connectivity index (χ1n) is 10.5. The zero-order valence-electron chi connectivity index (χ0n) is 17.8. The molecule has 0 saturated heterocycles. The van der Waals surface area contributed by atoms with Gasteiger partial charge in [-0.3, -0.25) is 9.00 Å². The van der Waals surface area contributed by atoms with E-state index < -0.39 is 10.8 Å². The number of hydrogen-bond acceptors (Lipinski definition) is 6. The fraction of sp³-hybridized carbons (Fsp3) is 0.478. The van der Waals surface area contributed by atoms with Crippen molar-refractivity contribution in [3.8, 4) is 5.75 Å². The Bertz CT molecular complexity index is 814. The third-order valence-corrected chi connectivity index (χ3v) is 6.11. The zero-order valence-corrected chi connectivity index (χ0v) is 18.7. The number of benzene rings is 1. The molecule has 0 aliphatic heterocycles. The minimum atomic E-state index is -1.52. The molecule has 0 saturated carbocycles. The van der Waals surface area contributed by atoms with Crippen LogP contribution in [0.25, 0.3) is 0 Å². The number of ether oxygens (including phenoxy) is 2. The smallest absolute Gasteiger partial charge is 0.306 e. The third-order valence-electron chi connectivity index (χ3n) is 4.81. The van der Waals surface area contributed by atoms with Crippen molar-refractivity contribution in [1.29, 1.82) is 0 Å². The molecule has 7 heteroatoms. The van der Waals surface area contributed by atoms with Crippen molar-refractivity contribution in [2.24, 2.45) is 5.92 Å². The van der Waals surface area contributed by atoms with E-state index in [1.165, 1.54) is 0 Å². The number of esters is 1. The van der Waals surface area contributed by atoms with E-state index in [0.717, 1.165) is 31.2 Å². The summed E-state index contributed by atoms with van der Waals surface area (Å²) in [6.07, 6.45) is 4.36. The predicted molar refractivity (Wildman–Crippen MR) is 120 cm³/mol. The molecule has 2 unspecified atom stereocenters. The van der Waals surface area contributed by atoms with Gasteiger partial charge in [-0.2, -0.15) is 0 Å². The van der Waals surface area contributed by atoms with Gasteiger partial charge in [-0.1, -0.05) is 63.4 Å². The van der Waals surface area contributed by atoms with Crippen LogP contribution in [0.5, 0.6) is 5.75 Å². The van der Waals surface area contributed by atoms with E-state index in [-0.39, 0.29) is 29.0 Å². The zero-order chi connectivity index (χ0) is 21.8. The summed E-state index contributed by atoms with van der Waals surface area (Å²) in [7, 11) is -1.52. The molecule has 2 aromatic rings. The molecule has 1 aromatic carbocycles. The highest BCUT2D eigenvalue weighted by Crippen LogP contribution is 2.23. The Morgan fingerprint density at radius 3 is 2.63 bits per heavy atom. The lowest BCUT2D eigenvalue weighted by molar-refractivity contribution is -0.144. The topological polar surface area (TPSA) is 91.5 Å². The number of hydrogen-bond donors (Lipinski definition) is 1. The molecular formula is C23H32N2O4S. The SMILES string of the molecule is CCCCC(CC)COC(=O)CCS(=O)c1nc(N)ccc1OCc1ccccc1. The number of carbonyl (C=O) groups excluding carboxylic acids is 1. The molecular weight excluding hydrogens is 400 g/mol. The van der Waals surface area contributed by atoms with Crippen LogP contribution in [0.3, 0.4) is 0 Å². The summed E-state index contributed by atoms with van der Waals surface area (Å²) in [5.74, 6) is 0.824. The molecule has 0 bridgehead atoms. The number of pyridine rings is 1. The van der Waals surface area contributed by atoms with Crippen molar-refractivity contribution in [2.75, 3.05) is 18.1 Å². The summed E-state index contributed by atoms with van der Waals surface area (Å²) in [4.78, 5) is 16.3. The van der Waals surface area contributed by atoms with Gasteiger partial charge in [0.2, 0.25) is 0 Å². The van der Waals surface area contributed by atoms with Crippen molar-refractivity contribution in [3.63, 3.8) is 0 Å². The molecule has 0 aliphatic rings. The first kappa shape index (κ1) is 23.9. The average Bonchev–Trinajstić information content (AvgIpc) is 2.77. The number of nitrogens with two attached hydrogens (primary N) is 1. The van der Waals surface area contributed by atoms with E-state index in [9.17, 15) is 9.00 Å². The molecule has 164 valence electrons. The molecule has 1 heterocycles. The Labute approximate surface area is 181 Å². The Hall–Kier alpha value is -2.41. The van der Waals surface area contributed by atoms with E-state index in [4.69, 9.17) is 15.2 Å². The van der Waals surface area contributed by atoms with Crippen LogP contribution < -0.4 is 10.5 Å². The molecule has 30 heavy (non-hydrogen) atoms. The van der Waals surface area contributed by atoms with Gasteiger partial charge >= 0.3 is 5.97 Å². The lowest BCUT2D eigenvalue weighted by Crippen LogP contribution is -2.16. The van der Waals surface area contributed by atoms with Crippen molar-refractivity contribution in [3.05, 3.63) is 48.0 Å². The van der Waals surface area contributed by atoms with Crippen LogP contribution in [0.15, 0.2) is 47.5 Å². The quantitative estimate of drug-likeness (QED) is 0.469. The first-order valence-corrected chi connectivity index (χ1v) is 11.8. The fourth-order valence-corrected chi connectivity index (χ4v) is 4.01. The molecule has 0 radical (unpaired) electrons. The number of nitrogen functional groups attached to an aromatic ring is 1. The number of rotatable bonds is 13. The monoisotopic (exact) mass is 432 g/mol. The van der Waals surface area contributed by atoms with E-state index in [0.29, 0.717) is 24.9 Å². The van der Waals surface area contributed by atoms with Gasteiger partial charge in [-0.15, -0.1) is 0 Å². The van der Waals surface area contributed by atoms with E-state index in [1.807, 2.05) is 30.3 Å². The highest BCUT2D eigenvalue weighted by atomic mass is 32.2. The summed E-state index contributed by atoms with van der Waals surface area (Å²) in [6, 6.07) is 12.9. The van der Waals surface area contributed by atoms with Crippen LogP contribution in [0, 0.1) is 5.92 Å². The molecule has 0 aliphatic carbocycles.